The van der Waals surface area contributed by atoms with Crippen LogP contribution in [0, 0.1) is 3.70 Å². The van der Waals surface area contributed by atoms with E-state index in [1.807, 2.05) is 17.5 Å². The second-order valence-corrected chi connectivity index (χ2v) is 4.41. The van der Waals surface area contributed by atoms with Gasteiger partial charge in [0.25, 0.3) is 0 Å². The largest absolute Gasteiger partial charge is 0.383 e. The van der Waals surface area contributed by atoms with Crippen LogP contribution in [0.1, 0.15) is 0 Å². The number of nitrogens with zero attached hydrogens (tertiary/aromatic N) is 2. The molecular formula is C8H6IN3S. The molecule has 0 radical (unpaired) electrons. The van der Waals surface area contributed by atoms with Gasteiger partial charge in [-0.3, -0.25) is 0 Å². The second-order valence-electron chi connectivity index (χ2n) is 2.45. The Hall–Kier alpha value is -0.690. The molecule has 0 saturated heterocycles. The first kappa shape index (κ1) is 8.89. The number of pyridine rings is 1. The van der Waals surface area contributed by atoms with Gasteiger partial charge in [-0.1, -0.05) is 0 Å². The summed E-state index contributed by atoms with van der Waals surface area (Å²) < 4.78 is 0.978. The molecule has 2 N–H and O–H groups in total. The van der Waals surface area contributed by atoms with Crippen LogP contribution in [-0.2, 0) is 0 Å². The lowest BCUT2D eigenvalue weighted by atomic mass is 10.3. The normalized spacial score (nSPS) is 10.2. The Kier molecular flexibility index (Phi) is 2.45. The molecule has 0 aliphatic carbocycles. The van der Waals surface area contributed by atoms with Crippen LogP contribution in [0.3, 0.4) is 0 Å². The summed E-state index contributed by atoms with van der Waals surface area (Å²) in [7, 11) is 0. The van der Waals surface area contributed by atoms with E-state index in [0.29, 0.717) is 5.82 Å². The molecule has 0 spiro atoms. The van der Waals surface area contributed by atoms with E-state index in [2.05, 4.69) is 32.6 Å². The Labute approximate surface area is 93.2 Å². The van der Waals surface area contributed by atoms with Gasteiger partial charge in [-0.05, 0) is 34.7 Å². The van der Waals surface area contributed by atoms with Gasteiger partial charge in [0.2, 0.25) is 0 Å². The van der Waals surface area contributed by atoms with E-state index in [1.165, 1.54) is 11.3 Å². The first-order valence-electron chi connectivity index (χ1n) is 3.58. The van der Waals surface area contributed by atoms with Crippen molar-refractivity contribution in [3.8, 4) is 10.6 Å². The number of hydrogen-bond acceptors (Lipinski definition) is 4. The average Bonchev–Trinajstić information content (AvgIpc) is 2.53. The van der Waals surface area contributed by atoms with Crippen molar-refractivity contribution in [2.24, 2.45) is 0 Å². The maximum atomic E-state index is 5.52. The van der Waals surface area contributed by atoms with Crippen molar-refractivity contribution in [1.82, 2.24) is 9.97 Å². The number of anilines is 1. The predicted molar refractivity (Wildman–Crippen MR) is 62.5 cm³/mol. The van der Waals surface area contributed by atoms with Gasteiger partial charge in [0.1, 0.15) is 14.5 Å². The molecule has 2 aromatic rings. The van der Waals surface area contributed by atoms with E-state index in [4.69, 9.17) is 5.73 Å². The topological polar surface area (TPSA) is 51.8 Å². The molecule has 2 aromatic heterocycles. The number of nitrogens with two attached hydrogens (primary N) is 1. The quantitative estimate of drug-likeness (QED) is 0.650. The van der Waals surface area contributed by atoms with Crippen LogP contribution in [0.4, 0.5) is 5.82 Å². The third-order valence-corrected chi connectivity index (χ3v) is 3.04. The van der Waals surface area contributed by atoms with Gasteiger partial charge in [0, 0.05) is 17.1 Å². The van der Waals surface area contributed by atoms with Crippen molar-refractivity contribution >= 4 is 39.7 Å². The number of thiazole rings is 1. The van der Waals surface area contributed by atoms with Crippen molar-refractivity contribution in [3.63, 3.8) is 0 Å². The first-order valence-corrected chi connectivity index (χ1v) is 5.54. The molecule has 0 amide bonds. The Bertz CT molecular complexity index is 410. The number of aromatic nitrogens is 2. The third-order valence-electron chi connectivity index (χ3n) is 1.50. The summed E-state index contributed by atoms with van der Waals surface area (Å²) in [6, 6.07) is 3.94. The van der Waals surface area contributed by atoms with E-state index < -0.39 is 0 Å². The molecule has 0 saturated carbocycles. The Morgan fingerprint density at radius 3 is 2.77 bits per heavy atom. The van der Waals surface area contributed by atoms with E-state index in [0.717, 1.165) is 14.3 Å². The Balaban J connectivity index is 2.41. The maximum absolute atomic E-state index is 5.52. The van der Waals surface area contributed by atoms with E-state index in [9.17, 15) is 0 Å². The summed E-state index contributed by atoms with van der Waals surface area (Å²) in [6.07, 6.45) is 1.81. The second kappa shape index (κ2) is 3.59. The highest BCUT2D eigenvalue weighted by atomic mass is 127. The van der Waals surface area contributed by atoms with Crippen molar-refractivity contribution in [1.29, 1.82) is 0 Å². The highest BCUT2D eigenvalue weighted by Gasteiger charge is 2.02. The molecule has 3 nitrogen and oxygen atoms in total. The molecule has 0 aromatic carbocycles. The molecule has 0 bridgehead atoms. The molecule has 0 aliphatic rings. The maximum Gasteiger partial charge on any atom is 0.135 e. The Morgan fingerprint density at radius 2 is 2.23 bits per heavy atom. The summed E-state index contributed by atoms with van der Waals surface area (Å²) in [6.45, 7) is 0. The minimum atomic E-state index is 0.568. The molecule has 0 aliphatic heterocycles. The zero-order chi connectivity index (χ0) is 9.26. The lowest BCUT2D eigenvalue weighted by Crippen LogP contribution is -1.84. The van der Waals surface area contributed by atoms with Crippen LogP contribution in [0.25, 0.3) is 10.6 Å². The minimum absolute atomic E-state index is 0.568. The predicted octanol–water partition coefficient (Wildman–Crippen LogP) is 2.39. The van der Waals surface area contributed by atoms with Crippen molar-refractivity contribution < 1.29 is 0 Å². The summed E-state index contributed by atoms with van der Waals surface area (Å²) >= 11 is 3.70. The molecule has 0 unspecified atom stereocenters. The average molecular weight is 303 g/mol. The molecular weight excluding hydrogens is 297 g/mol. The molecule has 2 heterocycles. The molecule has 0 fully saturated rings. The number of hydrogen-bond donors (Lipinski definition) is 1. The van der Waals surface area contributed by atoms with Crippen LogP contribution in [0.2, 0.25) is 0 Å². The van der Waals surface area contributed by atoms with Gasteiger partial charge >= 0.3 is 0 Å². The molecule has 66 valence electrons. The lowest BCUT2D eigenvalue weighted by molar-refractivity contribution is 1.27. The van der Waals surface area contributed by atoms with Gasteiger partial charge in [-0.15, -0.1) is 11.3 Å². The van der Waals surface area contributed by atoms with Crippen LogP contribution in [-0.4, -0.2) is 9.97 Å². The fraction of sp³-hybridized carbons (Fsp3) is 0. The van der Waals surface area contributed by atoms with E-state index in [1.54, 1.807) is 6.20 Å². The molecule has 13 heavy (non-hydrogen) atoms. The van der Waals surface area contributed by atoms with Crippen molar-refractivity contribution in [2.45, 2.75) is 0 Å². The summed E-state index contributed by atoms with van der Waals surface area (Å²) in [5, 5.41) is 2.74. The van der Waals surface area contributed by atoms with Crippen LogP contribution < -0.4 is 5.73 Å². The molecule has 5 heteroatoms. The minimum Gasteiger partial charge on any atom is -0.383 e. The van der Waals surface area contributed by atoms with Gasteiger partial charge in [0.15, 0.2) is 0 Å². The standard InChI is InChI=1S/C8H6IN3S/c9-6-2-1-5(3-11-6)8-12-7(10)4-13-8/h1-4H,10H2. The third kappa shape index (κ3) is 1.97. The van der Waals surface area contributed by atoms with Gasteiger partial charge < -0.3 is 5.73 Å². The van der Waals surface area contributed by atoms with Crippen LogP contribution >= 0.6 is 33.9 Å². The Morgan fingerprint density at radius 1 is 1.38 bits per heavy atom. The summed E-state index contributed by atoms with van der Waals surface area (Å²) in [5.74, 6) is 0.568. The summed E-state index contributed by atoms with van der Waals surface area (Å²) in [4.78, 5) is 8.34. The van der Waals surface area contributed by atoms with Crippen molar-refractivity contribution in [3.05, 3.63) is 27.4 Å². The van der Waals surface area contributed by atoms with Gasteiger partial charge in [0.05, 0.1) is 0 Å². The number of rotatable bonds is 1. The monoisotopic (exact) mass is 303 g/mol. The van der Waals surface area contributed by atoms with E-state index >= 15 is 0 Å². The van der Waals surface area contributed by atoms with Gasteiger partial charge in [-0.25, -0.2) is 9.97 Å². The van der Waals surface area contributed by atoms with Crippen molar-refractivity contribution in [2.75, 3.05) is 5.73 Å². The highest BCUT2D eigenvalue weighted by Crippen LogP contribution is 2.23. The van der Waals surface area contributed by atoms with Crippen LogP contribution in [0.5, 0.6) is 0 Å². The SMILES string of the molecule is Nc1csc(-c2ccc(I)nc2)n1. The zero-order valence-electron chi connectivity index (χ0n) is 6.57. The lowest BCUT2D eigenvalue weighted by Gasteiger charge is -1.94. The summed E-state index contributed by atoms with van der Waals surface area (Å²) in [5.41, 5.74) is 6.54. The van der Waals surface area contributed by atoms with Crippen LogP contribution in [0.15, 0.2) is 23.7 Å². The van der Waals surface area contributed by atoms with E-state index in [-0.39, 0.29) is 0 Å². The number of nitrogen functional groups attached to an aromatic ring is 1. The molecule has 0 atom stereocenters. The smallest absolute Gasteiger partial charge is 0.135 e. The first-order chi connectivity index (χ1) is 6.25. The van der Waals surface area contributed by atoms with Gasteiger partial charge in [-0.2, -0.15) is 0 Å². The highest BCUT2D eigenvalue weighted by molar-refractivity contribution is 14.1. The molecule has 2 rings (SSSR count). The fourth-order valence-corrected chi connectivity index (χ4v) is 1.94. The zero-order valence-corrected chi connectivity index (χ0v) is 9.54. The fourth-order valence-electron chi connectivity index (χ4n) is 0.921. The number of halogens is 1.